The van der Waals surface area contributed by atoms with Crippen LogP contribution in [0.2, 0.25) is 0 Å². The monoisotopic (exact) mass is 878 g/mol. The number of halogens is 1. The first kappa shape index (κ1) is 45.9. The zero-order valence-corrected chi connectivity index (χ0v) is 35.6. The molecule has 5 aromatic rings. The summed E-state index contributed by atoms with van der Waals surface area (Å²) in [6.07, 6.45) is 0.468. The number of nitrogens with two attached hydrogens (primary N) is 2. The highest BCUT2D eigenvalue weighted by molar-refractivity contribution is 5.98. The number of rotatable bonds is 16. The molecule has 3 aromatic carbocycles. The van der Waals surface area contributed by atoms with Gasteiger partial charge in [0, 0.05) is 28.6 Å². The molecule has 0 unspecified atom stereocenters. The van der Waals surface area contributed by atoms with Crippen molar-refractivity contribution in [1.82, 2.24) is 20.2 Å². The fourth-order valence-electron chi connectivity index (χ4n) is 7.71. The van der Waals surface area contributed by atoms with Gasteiger partial charge in [-0.15, -0.1) is 0 Å². The van der Waals surface area contributed by atoms with E-state index in [1.165, 1.54) is 6.92 Å². The average Bonchev–Trinajstić information content (AvgIpc) is 3.63. The SMILES string of the molecule is CC[C@@]1(OC(=O)OCc2ccc(NC(=O)[C@H](CCCCN)NC(=O)[C@H](Cc3ccccc3)NC(=O)[C@@H](C)N)cc2)C(=O)OCc2c1cc1n(c2=O)Cc2cc3ccccc3nc2-1.[Cl-]. The molecule has 2 aliphatic rings. The number of pyridine rings is 2. The number of nitrogens with zero attached hydrogens (tertiary/aromatic N) is 2. The number of amides is 3. The molecule has 0 aliphatic carbocycles. The van der Waals surface area contributed by atoms with Gasteiger partial charge in [0.2, 0.25) is 23.3 Å². The van der Waals surface area contributed by atoms with Crippen LogP contribution in [0.15, 0.2) is 95.8 Å². The van der Waals surface area contributed by atoms with Crippen LogP contribution < -0.4 is 45.4 Å². The Morgan fingerprint density at radius 2 is 1.60 bits per heavy atom. The molecule has 0 fully saturated rings. The lowest BCUT2D eigenvalue weighted by atomic mass is 9.85. The first-order valence-corrected chi connectivity index (χ1v) is 20.6. The first-order chi connectivity index (χ1) is 29.9. The van der Waals surface area contributed by atoms with Gasteiger partial charge in [-0.25, -0.2) is 14.6 Å². The van der Waals surface area contributed by atoms with Crippen LogP contribution in [-0.2, 0) is 65.2 Å². The number of aromatic nitrogens is 2. The fourth-order valence-corrected chi connectivity index (χ4v) is 7.71. The Morgan fingerprint density at radius 3 is 2.32 bits per heavy atom. The summed E-state index contributed by atoms with van der Waals surface area (Å²) < 4.78 is 18.3. The number of unbranched alkanes of at least 4 members (excludes halogenated alkanes) is 1. The average molecular weight is 879 g/mol. The van der Waals surface area contributed by atoms with E-state index in [0.717, 1.165) is 22.0 Å². The third-order valence-electron chi connectivity index (χ3n) is 11.1. The number of para-hydroxylation sites is 1. The number of hydrogen-bond donors (Lipinski definition) is 5. The predicted molar refractivity (Wildman–Crippen MR) is 229 cm³/mol. The number of carbonyl (C=O) groups excluding carboxylic acids is 5. The summed E-state index contributed by atoms with van der Waals surface area (Å²) in [6.45, 7) is 3.35. The smallest absolute Gasteiger partial charge is 0.510 e. The van der Waals surface area contributed by atoms with Crippen molar-refractivity contribution in [3.8, 4) is 11.4 Å². The summed E-state index contributed by atoms with van der Waals surface area (Å²) in [4.78, 5) is 85.2. The molecule has 7 rings (SSSR count). The van der Waals surface area contributed by atoms with Gasteiger partial charge in [0.25, 0.3) is 5.56 Å². The maximum Gasteiger partial charge on any atom is 0.510 e. The molecule has 16 nitrogen and oxygen atoms in total. The highest BCUT2D eigenvalue weighted by Crippen LogP contribution is 2.41. The van der Waals surface area contributed by atoms with Crippen molar-refractivity contribution in [2.45, 2.75) is 89.4 Å². The maximum atomic E-state index is 13.9. The number of nitrogens with one attached hydrogen (secondary N) is 3. The number of anilines is 1. The second kappa shape index (κ2) is 20.0. The van der Waals surface area contributed by atoms with E-state index < -0.39 is 53.6 Å². The fraction of sp³-hybridized carbons (Fsp3) is 0.326. The minimum atomic E-state index is -1.95. The highest BCUT2D eigenvalue weighted by Gasteiger charge is 2.51. The van der Waals surface area contributed by atoms with E-state index in [2.05, 4.69) is 16.0 Å². The van der Waals surface area contributed by atoms with Crippen LogP contribution in [0.1, 0.15) is 67.3 Å². The van der Waals surface area contributed by atoms with E-state index in [1.807, 2.05) is 60.7 Å². The van der Waals surface area contributed by atoms with Gasteiger partial charge in [-0.1, -0.05) is 67.6 Å². The molecule has 0 bridgehead atoms. The Morgan fingerprint density at radius 1 is 0.889 bits per heavy atom. The van der Waals surface area contributed by atoms with Crippen molar-refractivity contribution in [3.05, 3.63) is 129 Å². The van der Waals surface area contributed by atoms with Gasteiger partial charge in [0.1, 0.15) is 25.3 Å². The summed E-state index contributed by atoms with van der Waals surface area (Å²) >= 11 is 0. The van der Waals surface area contributed by atoms with Gasteiger partial charge in [-0.05, 0) is 80.6 Å². The molecule has 3 amide bonds. The largest absolute Gasteiger partial charge is 1.00 e. The minimum Gasteiger partial charge on any atom is -1.00 e. The molecule has 2 aliphatic heterocycles. The zero-order valence-electron chi connectivity index (χ0n) is 34.9. The lowest BCUT2D eigenvalue weighted by Crippen LogP contribution is -3.00. The maximum absolute atomic E-state index is 13.9. The van der Waals surface area contributed by atoms with E-state index in [1.54, 1.807) is 41.8 Å². The van der Waals surface area contributed by atoms with Crippen molar-refractivity contribution in [1.29, 1.82) is 0 Å². The van der Waals surface area contributed by atoms with Crippen LogP contribution in [0.25, 0.3) is 22.3 Å². The molecule has 0 spiro atoms. The molecule has 0 radical (unpaired) electrons. The molecule has 17 heteroatoms. The number of ether oxygens (including phenoxy) is 3. The Bertz CT molecular complexity index is 2570. The standard InChI is InChI=1S/C46H49N7O9.ClH/c1-3-46(34-23-38-39-31(22-30-13-7-8-14-35(30)50-39)24-53(38)43(57)33(34)26-60-44(46)58)62-45(59)61-25-29-16-18-32(19-17-29)49-41(55)36(15-9-10-20-47)51-42(56)37(52-40(54)27(2)48)21-28-11-5-4-6-12-28;/h4-8,11-14,16-19,22-23,27,36-37H,3,9-10,15,20-21,24-26,47-48H2,1-2H3,(H,49,55)(H,51,56)(H,52,54);1H/p-1/t27-,36+,37+,46+;/m1./s1. The lowest BCUT2D eigenvalue weighted by Gasteiger charge is -2.35. The third-order valence-corrected chi connectivity index (χ3v) is 11.1. The quantitative estimate of drug-likeness (QED) is 0.0679. The topological polar surface area (TPSA) is 236 Å². The van der Waals surface area contributed by atoms with E-state index >= 15 is 0 Å². The first-order valence-electron chi connectivity index (χ1n) is 20.6. The summed E-state index contributed by atoms with van der Waals surface area (Å²) in [7, 11) is 0. The molecule has 0 saturated carbocycles. The van der Waals surface area contributed by atoms with Crippen molar-refractivity contribution in [2.24, 2.45) is 11.5 Å². The number of hydrogen-bond acceptors (Lipinski definition) is 12. The van der Waals surface area contributed by atoms with Crippen LogP contribution >= 0.6 is 0 Å². The molecule has 0 saturated heterocycles. The van der Waals surface area contributed by atoms with Crippen LogP contribution in [0.4, 0.5) is 10.5 Å². The number of esters is 1. The number of benzene rings is 3. The molecular weight excluding hydrogens is 830 g/mol. The summed E-state index contributed by atoms with van der Waals surface area (Å²) in [5.41, 5.74) is 14.1. The van der Waals surface area contributed by atoms with Gasteiger partial charge in [-0.2, -0.15) is 0 Å². The van der Waals surface area contributed by atoms with E-state index in [0.29, 0.717) is 48.6 Å². The zero-order chi connectivity index (χ0) is 44.0. The summed E-state index contributed by atoms with van der Waals surface area (Å²) in [5, 5.41) is 9.26. The van der Waals surface area contributed by atoms with Gasteiger partial charge in [0.05, 0.1) is 35.1 Å². The minimum absolute atomic E-state index is 0. The van der Waals surface area contributed by atoms with Crippen LogP contribution in [0, 0.1) is 0 Å². The second-order valence-corrected chi connectivity index (χ2v) is 15.5. The predicted octanol–water partition coefficient (Wildman–Crippen LogP) is 1.07. The van der Waals surface area contributed by atoms with Gasteiger partial charge in [0.15, 0.2) is 0 Å². The van der Waals surface area contributed by atoms with Gasteiger partial charge >= 0.3 is 12.1 Å². The van der Waals surface area contributed by atoms with E-state index in [-0.39, 0.29) is 61.6 Å². The van der Waals surface area contributed by atoms with Crippen molar-refractivity contribution >= 4 is 46.4 Å². The van der Waals surface area contributed by atoms with Crippen LogP contribution in [0.5, 0.6) is 0 Å². The van der Waals surface area contributed by atoms with Crippen molar-refractivity contribution < 1.29 is 50.6 Å². The van der Waals surface area contributed by atoms with Gasteiger partial charge < -0.3 is 58.6 Å². The molecule has 4 heterocycles. The Labute approximate surface area is 369 Å². The van der Waals surface area contributed by atoms with E-state index in [9.17, 15) is 28.8 Å². The number of fused-ring (bicyclic) bond motifs is 5. The third kappa shape index (κ3) is 10.0. The normalized spacial score (nSPS) is 16.2. The Kier molecular flexibility index (Phi) is 14.6. The lowest BCUT2D eigenvalue weighted by molar-refractivity contribution is -0.175. The second-order valence-electron chi connectivity index (χ2n) is 15.5. The molecule has 63 heavy (non-hydrogen) atoms. The molecular formula is C46H49ClN7O9-. The molecule has 330 valence electrons. The highest BCUT2D eigenvalue weighted by atomic mass is 35.5. The van der Waals surface area contributed by atoms with Crippen molar-refractivity contribution in [3.63, 3.8) is 0 Å². The van der Waals surface area contributed by atoms with Gasteiger partial charge in [-0.3, -0.25) is 19.2 Å². The van der Waals surface area contributed by atoms with Crippen LogP contribution in [-0.4, -0.2) is 64.1 Å². The Hall–Kier alpha value is -6.62. The molecule has 2 aromatic heterocycles. The summed E-state index contributed by atoms with van der Waals surface area (Å²) in [6, 6.07) is 24.1. The van der Waals surface area contributed by atoms with Crippen LogP contribution in [0.3, 0.4) is 0 Å². The molecule has 7 N–H and O–H groups in total. The summed E-state index contributed by atoms with van der Waals surface area (Å²) in [5.74, 6) is -2.36. The molecule has 4 atom stereocenters. The van der Waals surface area contributed by atoms with Crippen molar-refractivity contribution in [2.75, 3.05) is 11.9 Å². The number of carbonyl (C=O) groups is 5. The number of cyclic esters (lactones) is 1. The van der Waals surface area contributed by atoms with E-state index in [4.69, 9.17) is 30.7 Å². The Balaban J connectivity index is 0.00000661.